The number of nitrogens with zero attached hydrogens (tertiary/aromatic N) is 1. The van der Waals surface area contributed by atoms with Crippen molar-refractivity contribution in [1.29, 1.82) is 0 Å². The van der Waals surface area contributed by atoms with E-state index in [9.17, 15) is 19.3 Å². The molecule has 26 heavy (non-hydrogen) atoms. The molecule has 7 heteroatoms. The van der Waals surface area contributed by atoms with E-state index in [1.807, 2.05) is 37.3 Å². The standard InChI is InChI=1S/C19H21FN2O4/c1-3-14(15-7-5-4-6-8-15)12-21-19(23)13(2)26-18-11-16(20)9-10-17(18)22(24)25/h4-11,13-14H,3,12H2,1-2H3,(H,21,23)/t13-,14-/m1/s1. The third-order valence-electron chi connectivity index (χ3n) is 4.08. The van der Waals surface area contributed by atoms with Gasteiger partial charge in [-0.1, -0.05) is 37.3 Å². The molecule has 0 saturated carbocycles. The average molecular weight is 360 g/mol. The van der Waals surface area contributed by atoms with Crippen LogP contribution in [0.15, 0.2) is 48.5 Å². The maximum absolute atomic E-state index is 13.3. The van der Waals surface area contributed by atoms with Crippen LogP contribution in [0.5, 0.6) is 5.75 Å². The van der Waals surface area contributed by atoms with E-state index < -0.39 is 22.8 Å². The average Bonchev–Trinajstić information content (AvgIpc) is 2.62. The Morgan fingerprint density at radius 1 is 1.27 bits per heavy atom. The van der Waals surface area contributed by atoms with Crippen LogP contribution in [0.4, 0.5) is 10.1 Å². The molecule has 2 atom stereocenters. The van der Waals surface area contributed by atoms with Gasteiger partial charge in [0.15, 0.2) is 6.10 Å². The molecule has 0 unspecified atom stereocenters. The van der Waals surface area contributed by atoms with E-state index in [1.165, 1.54) is 6.92 Å². The third kappa shape index (κ3) is 5.02. The number of nitro benzene ring substituents is 1. The van der Waals surface area contributed by atoms with Crippen LogP contribution in [0, 0.1) is 15.9 Å². The summed E-state index contributed by atoms with van der Waals surface area (Å²) in [7, 11) is 0. The first-order chi connectivity index (χ1) is 12.4. The van der Waals surface area contributed by atoms with Crippen molar-refractivity contribution in [2.24, 2.45) is 0 Å². The highest BCUT2D eigenvalue weighted by Crippen LogP contribution is 2.28. The van der Waals surface area contributed by atoms with E-state index >= 15 is 0 Å². The van der Waals surface area contributed by atoms with Crippen LogP contribution in [-0.2, 0) is 4.79 Å². The number of hydrogen-bond donors (Lipinski definition) is 1. The second-order valence-electron chi connectivity index (χ2n) is 5.89. The molecule has 2 rings (SSSR count). The number of amides is 1. The summed E-state index contributed by atoms with van der Waals surface area (Å²) in [6.45, 7) is 3.91. The lowest BCUT2D eigenvalue weighted by Gasteiger charge is -2.19. The first kappa shape index (κ1) is 19.4. The summed E-state index contributed by atoms with van der Waals surface area (Å²) >= 11 is 0. The molecule has 0 saturated heterocycles. The van der Waals surface area contributed by atoms with E-state index in [2.05, 4.69) is 5.32 Å². The zero-order chi connectivity index (χ0) is 19.1. The van der Waals surface area contributed by atoms with Crippen molar-refractivity contribution in [2.75, 3.05) is 6.54 Å². The Kier molecular flexibility index (Phi) is 6.66. The van der Waals surface area contributed by atoms with Crippen LogP contribution in [0.2, 0.25) is 0 Å². The molecular weight excluding hydrogens is 339 g/mol. The van der Waals surface area contributed by atoms with E-state index in [1.54, 1.807) is 0 Å². The topological polar surface area (TPSA) is 81.5 Å². The number of nitro groups is 1. The molecule has 1 amide bonds. The van der Waals surface area contributed by atoms with Gasteiger partial charge in [-0.2, -0.15) is 0 Å². The molecule has 0 spiro atoms. The molecule has 0 aliphatic heterocycles. The molecule has 0 radical (unpaired) electrons. The van der Waals surface area contributed by atoms with Crippen molar-refractivity contribution >= 4 is 11.6 Å². The predicted molar refractivity (Wildman–Crippen MR) is 95.6 cm³/mol. The molecule has 0 aliphatic carbocycles. The summed E-state index contributed by atoms with van der Waals surface area (Å²) in [5.41, 5.74) is 0.728. The summed E-state index contributed by atoms with van der Waals surface area (Å²) in [5.74, 6) is -1.21. The predicted octanol–water partition coefficient (Wildman–Crippen LogP) is 3.81. The van der Waals surface area contributed by atoms with Gasteiger partial charge in [0.05, 0.1) is 4.92 Å². The van der Waals surface area contributed by atoms with Gasteiger partial charge in [0.25, 0.3) is 5.91 Å². The summed E-state index contributed by atoms with van der Waals surface area (Å²) < 4.78 is 18.7. The fourth-order valence-electron chi connectivity index (χ4n) is 2.57. The fourth-order valence-corrected chi connectivity index (χ4v) is 2.57. The second-order valence-corrected chi connectivity index (χ2v) is 5.89. The van der Waals surface area contributed by atoms with Gasteiger partial charge in [-0.3, -0.25) is 14.9 Å². The first-order valence-electron chi connectivity index (χ1n) is 8.35. The SMILES string of the molecule is CC[C@H](CNC(=O)[C@@H](C)Oc1cc(F)ccc1[N+](=O)[O-])c1ccccc1. The van der Waals surface area contributed by atoms with Crippen molar-refractivity contribution in [2.45, 2.75) is 32.3 Å². The number of hydrogen-bond acceptors (Lipinski definition) is 4. The minimum Gasteiger partial charge on any atom is -0.474 e. The van der Waals surface area contributed by atoms with Crippen LogP contribution >= 0.6 is 0 Å². The lowest BCUT2D eigenvalue weighted by Crippen LogP contribution is -2.38. The quantitative estimate of drug-likeness (QED) is 0.573. The van der Waals surface area contributed by atoms with Crippen LogP contribution in [0.1, 0.15) is 31.7 Å². The highest BCUT2D eigenvalue weighted by Gasteiger charge is 2.22. The Bertz CT molecular complexity index is 767. The number of carbonyl (C=O) groups excluding carboxylic acids is 1. The number of nitrogens with one attached hydrogen (secondary N) is 1. The van der Waals surface area contributed by atoms with Gasteiger partial charge in [-0.15, -0.1) is 0 Å². The van der Waals surface area contributed by atoms with Gasteiger partial charge >= 0.3 is 5.69 Å². The Morgan fingerprint density at radius 3 is 2.58 bits per heavy atom. The normalized spacial score (nSPS) is 12.9. The minimum atomic E-state index is -0.997. The molecule has 0 bridgehead atoms. The minimum absolute atomic E-state index is 0.149. The number of halogens is 1. The molecule has 0 aromatic heterocycles. The summed E-state index contributed by atoms with van der Waals surface area (Å²) in [4.78, 5) is 22.6. The molecule has 0 heterocycles. The van der Waals surface area contributed by atoms with E-state index in [0.717, 1.165) is 30.2 Å². The molecule has 6 nitrogen and oxygen atoms in total. The molecule has 0 fully saturated rings. The van der Waals surface area contributed by atoms with Gasteiger partial charge in [0.2, 0.25) is 5.75 Å². The maximum Gasteiger partial charge on any atom is 0.311 e. The largest absolute Gasteiger partial charge is 0.474 e. The number of rotatable bonds is 8. The Hall–Kier alpha value is -2.96. The smallest absolute Gasteiger partial charge is 0.311 e. The Balaban J connectivity index is 2.00. The van der Waals surface area contributed by atoms with E-state index in [0.29, 0.717) is 6.54 Å². The maximum atomic E-state index is 13.3. The van der Waals surface area contributed by atoms with Gasteiger partial charge in [0, 0.05) is 24.6 Å². The monoisotopic (exact) mass is 360 g/mol. The Labute approximate surface area is 151 Å². The van der Waals surface area contributed by atoms with E-state index in [4.69, 9.17) is 4.74 Å². The van der Waals surface area contributed by atoms with Crippen molar-refractivity contribution in [3.05, 3.63) is 70.0 Å². The van der Waals surface area contributed by atoms with Crippen molar-refractivity contribution in [3.63, 3.8) is 0 Å². The fraction of sp³-hybridized carbons (Fsp3) is 0.316. The van der Waals surface area contributed by atoms with Crippen LogP contribution in [0.25, 0.3) is 0 Å². The van der Waals surface area contributed by atoms with Gasteiger partial charge in [-0.05, 0) is 25.0 Å². The number of carbonyl (C=O) groups is 1. The summed E-state index contributed by atoms with van der Waals surface area (Å²) in [6.07, 6.45) is -0.154. The third-order valence-corrected chi connectivity index (χ3v) is 4.08. The van der Waals surface area contributed by atoms with E-state index in [-0.39, 0.29) is 17.4 Å². The lowest BCUT2D eigenvalue weighted by molar-refractivity contribution is -0.386. The zero-order valence-corrected chi connectivity index (χ0v) is 14.6. The molecule has 138 valence electrons. The van der Waals surface area contributed by atoms with Crippen molar-refractivity contribution < 1.29 is 18.8 Å². The van der Waals surface area contributed by atoms with Crippen molar-refractivity contribution in [3.8, 4) is 5.75 Å². The van der Waals surface area contributed by atoms with Gasteiger partial charge < -0.3 is 10.1 Å². The van der Waals surface area contributed by atoms with Gasteiger partial charge in [-0.25, -0.2) is 4.39 Å². The number of benzene rings is 2. The second kappa shape index (κ2) is 8.94. The molecule has 2 aromatic carbocycles. The summed E-state index contributed by atoms with van der Waals surface area (Å²) in [5, 5.41) is 13.8. The molecule has 1 N–H and O–H groups in total. The van der Waals surface area contributed by atoms with Crippen molar-refractivity contribution in [1.82, 2.24) is 5.32 Å². The van der Waals surface area contributed by atoms with Crippen LogP contribution < -0.4 is 10.1 Å². The molecular formula is C19H21FN2O4. The lowest BCUT2D eigenvalue weighted by atomic mass is 9.96. The van der Waals surface area contributed by atoms with Crippen LogP contribution in [0.3, 0.4) is 0 Å². The summed E-state index contributed by atoms with van der Waals surface area (Å²) in [6, 6.07) is 12.7. The molecule has 0 aliphatic rings. The highest BCUT2D eigenvalue weighted by atomic mass is 19.1. The van der Waals surface area contributed by atoms with Crippen LogP contribution in [-0.4, -0.2) is 23.5 Å². The first-order valence-corrected chi connectivity index (χ1v) is 8.35. The molecule has 2 aromatic rings. The Morgan fingerprint density at radius 2 is 1.96 bits per heavy atom. The highest BCUT2D eigenvalue weighted by molar-refractivity contribution is 5.80. The van der Waals surface area contributed by atoms with Gasteiger partial charge in [0.1, 0.15) is 5.82 Å². The zero-order valence-electron chi connectivity index (χ0n) is 14.6. The number of ether oxygens (including phenoxy) is 1.